The van der Waals surface area contributed by atoms with E-state index < -0.39 is 0 Å². The minimum absolute atomic E-state index is 0.602. The molecular formula is C27H36N2. The summed E-state index contributed by atoms with van der Waals surface area (Å²) in [6.45, 7) is 15.8. The third-order valence-corrected chi connectivity index (χ3v) is 5.24. The Morgan fingerprint density at radius 2 is 1.59 bits per heavy atom. The molecule has 154 valence electrons. The molecule has 1 fully saturated rings. The van der Waals surface area contributed by atoms with Crippen molar-refractivity contribution in [1.29, 1.82) is 0 Å². The predicted molar refractivity (Wildman–Crippen MR) is 128 cm³/mol. The lowest BCUT2D eigenvalue weighted by Crippen LogP contribution is -2.42. The molecule has 1 heterocycles. The maximum absolute atomic E-state index is 3.89. The summed E-state index contributed by atoms with van der Waals surface area (Å²) in [5.41, 5.74) is 5.14. The maximum Gasteiger partial charge on any atom is 0.0233 e. The van der Waals surface area contributed by atoms with Crippen LogP contribution in [-0.2, 0) is 6.54 Å². The summed E-state index contributed by atoms with van der Waals surface area (Å²) in [7, 11) is 0. The van der Waals surface area contributed by atoms with Crippen LogP contribution in [0.5, 0.6) is 0 Å². The number of likely N-dealkylation sites (tertiary alicyclic amines) is 1. The van der Waals surface area contributed by atoms with Crippen molar-refractivity contribution in [3.63, 3.8) is 0 Å². The summed E-state index contributed by atoms with van der Waals surface area (Å²) in [5.74, 6) is 0. The molecule has 0 unspecified atom stereocenters. The summed E-state index contributed by atoms with van der Waals surface area (Å²) >= 11 is 0. The van der Waals surface area contributed by atoms with E-state index >= 15 is 0 Å². The quantitative estimate of drug-likeness (QED) is 0.539. The van der Waals surface area contributed by atoms with Gasteiger partial charge in [-0.1, -0.05) is 99.8 Å². The summed E-state index contributed by atoms with van der Waals surface area (Å²) in [6, 6.07) is 20.1. The van der Waals surface area contributed by atoms with Crippen molar-refractivity contribution in [2.24, 2.45) is 0 Å². The number of hydrogen-bond donors (Lipinski definition) is 1. The molecule has 0 aromatic heterocycles. The molecule has 2 heteroatoms. The third-order valence-electron chi connectivity index (χ3n) is 5.24. The van der Waals surface area contributed by atoms with Crippen molar-refractivity contribution in [2.75, 3.05) is 19.6 Å². The van der Waals surface area contributed by atoms with E-state index in [1.54, 1.807) is 0 Å². The Morgan fingerprint density at radius 3 is 2.17 bits per heavy atom. The summed E-state index contributed by atoms with van der Waals surface area (Å²) in [6.07, 6.45) is 8.22. The first-order valence-corrected chi connectivity index (χ1v) is 10.8. The number of allylic oxidation sites excluding steroid dienone is 2. The van der Waals surface area contributed by atoms with Gasteiger partial charge in [-0.15, -0.1) is 0 Å². The van der Waals surface area contributed by atoms with Gasteiger partial charge in [-0.05, 0) is 48.2 Å². The Kier molecular flexibility index (Phi) is 10.2. The molecule has 29 heavy (non-hydrogen) atoms. The van der Waals surface area contributed by atoms with Gasteiger partial charge in [0.1, 0.15) is 0 Å². The first-order chi connectivity index (χ1) is 14.3. The second kappa shape index (κ2) is 12.9. The van der Waals surface area contributed by atoms with Gasteiger partial charge in [0.25, 0.3) is 0 Å². The van der Waals surface area contributed by atoms with E-state index in [1.165, 1.54) is 35.1 Å². The summed E-state index contributed by atoms with van der Waals surface area (Å²) in [4.78, 5) is 2.50. The van der Waals surface area contributed by atoms with Crippen molar-refractivity contribution >= 4 is 0 Å². The van der Waals surface area contributed by atoms with E-state index in [4.69, 9.17) is 0 Å². The van der Waals surface area contributed by atoms with E-state index in [1.807, 2.05) is 26.0 Å². The normalized spacial score (nSPS) is 15.3. The number of rotatable bonds is 8. The second-order valence-corrected chi connectivity index (χ2v) is 7.18. The largest absolute Gasteiger partial charge is 0.310 e. The molecule has 0 atom stereocenters. The average molecular weight is 389 g/mol. The smallest absolute Gasteiger partial charge is 0.0233 e. The molecule has 2 aromatic rings. The van der Waals surface area contributed by atoms with Crippen LogP contribution in [0, 0.1) is 0 Å². The highest BCUT2D eigenvalue weighted by molar-refractivity contribution is 5.63. The first kappa shape index (κ1) is 22.9. The number of piperidine rings is 1. The molecule has 0 saturated carbocycles. The molecule has 0 spiro atoms. The average Bonchev–Trinajstić information content (AvgIpc) is 2.80. The summed E-state index contributed by atoms with van der Waals surface area (Å²) in [5, 5.41) is 3.73. The highest BCUT2D eigenvalue weighted by atomic mass is 15.1. The standard InChI is InChI=1S/C25H30N2.C2H6/c1-3-8-21(4-2)20-27-17-15-25(16-18-27)26-19-22-11-13-24(14-12-22)23-9-6-5-7-10-23;1-2/h3-14,25-26H,1-2,15-20H2;1-2H3/b21-8+;. The van der Waals surface area contributed by atoms with Crippen LogP contribution in [0.15, 0.2) is 91.6 Å². The van der Waals surface area contributed by atoms with Crippen LogP contribution >= 0.6 is 0 Å². The van der Waals surface area contributed by atoms with Gasteiger partial charge in [-0.25, -0.2) is 0 Å². The topological polar surface area (TPSA) is 15.3 Å². The molecule has 3 rings (SSSR count). The van der Waals surface area contributed by atoms with Crippen LogP contribution in [0.4, 0.5) is 0 Å². The third kappa shape index (κ3) is 7.49. The molecule has 0 aliphatic carbocycles. The van der Waals surface area contributed by atoms with E-state index in [2.05, 4.69) is 84.0 Å². The fraction of sp³-hybridized carbons (Fsp3) is 0.333. The number of benzene rings is 2. The zero-order chi connectivity index (χ0) is 20.9. The van der Waals surface area contributed by atoms with Gasteiger partial charge >= 0.3 is 0 Å². The van der Waals surface area contributed by atoms with Crippen LogP contribution in [0.25, 0.3) is 11.1 Å². The van der Waals surface area contributed by atoms with Crippen molar-refractivity contribution in [3.8, 4) is 11.1 Å². The van der Waals surface area contributed by atoms with Gasteiger partial charge in [-0.2, -0.15) is 0 Å². The van der Waals surface area contributed by atoms with E-state index in [0.29, 0.717) is 6.04 Å². The second-order valence-electron chi connectivity index (χ2n) is 7.18. The molecule has 1 aliphatic rings. The van der Waals surface area contributed by atoms with Crippen molar-refractivity contribution in [1.82, 2.24) is 10.2 Å². The SMILES string of the molecule is C=C/C=C(\C=C)CN1CCC(NCc2ccc(-c3ccccc3)cc2)CC1.CC. The molecule has 2 aromatic carbocycles. The van der Waals surface area contributed by atoms with Gasteiger partial charge in [-0.3, -0.25) is 4.90 Å². The van der Waals surface area contributed by atoms with Gasteiger partial charge in [0.2, 0.25) is 0 Å². The van der Waals surface area contributed by atoms with Gasteiger partial charge < -0.3 is 5.32 Å². The van der Waals surface area contributed by atoms with Crippen LogP contribution < -0.4 is 5.32 Å². The minimum atomic E-state index is 0.602. The van der Waals surface area contributed by atoms with Crippen LogP contribution in [0.2, 0.25) is 0 Å². The Bertz CT molecular complexity index is 751. The Labute approximate surface area is 177 Å². The molecule has 1 saturated heterocycles. The molecular weight excluding hydrogens is 352 g/mol. The molecule has 0 radical (unpaired) electrons. The number of nitrogens with one attached hydrogen (secondary N) is 1. The van der Waals surface area contributed by atoms with E-state index in [9.17, 15) is 0 Å². The van der Waals surface area contributed by atoms with Gasteiger partial charge in [0.15, 0.2) is 0 Å². The molecule has 0 amide bonds. The lowest BCUT2D eigenvalue weighted by Gasteiger charge is -2.32. The Hall–Kier alpha value is -2.42. The number of nitrogens with zero attached hydrogens (tertiary/aromatic N) is 1. The number of hydrogen-bond acceptors (Lipinski definition) is 2. The highest BCUT2D eigenvalue weighted by Gasteiger charge is 2.18. The van der Waals surface area contributed by atoms with Gasteiger partial charge in [0, 0.05) is 19.1 Å². The maximum atomic E-state index is 3.89. The van der Waals surface area contributed by atoms with Crippen molar-refractivity contribution < 1.29 is 0 Å². The minimum Gasteiger partial charge on any atom is -0.310 e. The zero-order valence-corrected chi connectivity index (χ0v) is 18.1. The fourth-order valence-corrected chi connectivity index (χ4v) is 3.60. The first-order valence-electron chi connectivity index (χ1n) is 10.8. The van der Waals surface area contributed by atoms with E-state index in [0.717, 1.165) is 26.2 Å². The Morgan fingerprint density at radius 1 is 0.966 bits per heavy atom. The lowest BCUT2D eigenvalue weighted by atomic mass is 10.0. The molecule has 1 aliphatic heterocycles. The fourth-order valence-electron chi connectivity index (χ4n) is 3.60. The highest BCUT2D eigenvalue weighted by Crippen LogP contribution is 2.19. The van der Waals surface area contributed by atoms with Gasteiger partial charge in [0.05, 0.1) is 0 Å². The van der Waals surface area contributed by atoms with Crippen molar-refractivity contribution in [2.45, 2.75) is 39.3 Å². The van der Waals surface area contributed by atoms with Crippen LogP contribution in [-0.4, -0.2) is 30.6 Å². The predicted octanol–water partition coefficient (Wildman–Crippen LogP) is 6.23. The Balaban J connectivity index is 0.00000145. The monoisotopic (exact) mass is 388 g/mol. The molecule has 2 nitrogen and oxygen atoms in total. The zero-order valence-electron chi connectivity index (χ0n) is 18.1. The van der Waals surface area contributed by atoms with Crippen molar-refractivity contribution in [3.05, 3.63) is 97.1 Å². The van der Waals surface area contributed by atoms with Crippen LogP contribution in [0.1, 0.15) is 32.3 Å². The lowest BCUT2D eigenvalue weighted by molar-refractivity contribution is 0.212. The van der Waals surface area contributed by atoms with E-state index in [-0.39, 0.29) is 0 Å². The molecule has 0 bridgehead atoms. The molecule has 1 N–H and O–H groups in total. The summed E-state index contributed by atoms with van der Waals surface area (Å²) < 4.78 is 0. The van der Waals surface area contributed by atoms with Crippen LogP contribution in [0.3, 0.4) is 0 Å².